The Labute approximate surface area is 127 Å². The van der Waals surface area contributed by atoms with Gasteiger partial charge in [-0.2, -0.15) is 0 Å². The summed E-state index contributed by atoms with van der Waals surface area (Å²) < 4.78 is 10.9. The van der Waals surface area contributed by atoms with Gasteiger partial charge in [-0.3, -0.25) is 10.2 Å². The molecule has 110 valence electrons. The lowest BCUT2D eigenvalue weighted by Crippen LogP contribution is -2.30. The van der Waals surface area contributed by atoms with Crippen molar-refractivity contribution in [3.63, 3.8) is 0 Å². The summed E-state index contributed by atoms with van der Waals surface area (Å²) in [6.45, 7) is 0.347. The van der Waals surface area contributed by atoms with Crippen molar-refractivity contribution < 1.29 is 14.3 Å². The minimum absolute atomic E-state index is 0.281. The molecule has 0 aromatic heterocycles. The normalized spacial score (nSPS) is 10.0. The molecule has 0 fully saturated rings. The number of hydrogen-bond donors (Lipinski definition) is 2. The first kappa shape index (κ1) is 15.2. The van der Waals surface area contributed by atoms with Gasteiger partial charge in [-0.25, -0.2) is 5.84 Å². The number of amides is 1. The predicted molar refractivity (Wildman–Crippen MR) is 80.4 cm³/mol. The average molecular weight is 307 g/mol. The molecular formula is C15H15ClN2O3. The van der Waals surface area contributed by atoms with Crippen LogP contribution < -0.4 is 20.7 Å². The van der Waals surface area contributed by atoms with Crippen molar-refractivity contribution in [3.05, 3.63) is 58.6 Å². The van der Waals surface area contributed by atoms with Crippen molar-refractivity contribution in [1.29, 1.82) is 0 Å². The summed E-state index contributed by atoms with van der Waals surface area (Å²) in [4.78, 5) is 11.5. The lowest BCUT2D eigenvalue weighted by atomic mass is 10.2. The van der Waals surface area contributed by atoms with Crippen LogP contribution in [0.3, 0.4) is 0 Å². The summed E-state index contributed by atoms with van der Waals surface area (Å²) in [5.74, 6) is 5.41. The van der Waals surface area contributed by atoms with Crippen LogP contribution in [0.15, 0.2) is 42.5 Å². The molecule has 2 rings (SSSR count). The molecule has 0 saturated heterocycles. The Kier molecular flexibility index (Phi) is 5.03. The lowest BCUT2D eigenvalue weighted by molar-refractivity contribution is 0.0953. The molecule has 0 spiro atoms. The van der Waals surface area contributed by atoms with Crippen molar-refractivity contribution in [2.45, 2.75) is 6.61 Å². The smallest absolute Gasteiger partial charge is 0.265 e. The van der Waals surface area contributed by atoms with E-state index < -0.39 is 5.91 Å². The molecule has 21 heavy (non-hydrogen) atoms. The van der Waals surface area contributed by atoms with E-state index >= 15 is 0 Å². The number of methoxy groups -OCH3 is 1. The highest BCUT2D eigenvalue weighted by molar-refractivity contribution is 6.32. The number of carbonyl (C=O) groups excluding carboxylic acids is 1. The Morgan fingerprint density at radius 2 is 2.00 bits per heavy atom. The molecule has 0 radical (unpaired) electrons. The molecule has 1 amide bonds. The number of nitrogen functional groups attached to an aromatic ring is 1. The van der Waals surface area contributed by atoms with E-state index in [9.17, 15) is 4.79 Å². The highest BCUT2D eigenvalue weighted by atomic mass is 35.5. The Morgan fingerprint density at radius 1 is 1.29 bits per heavy atom. The molecule has 0 bridgehead atoms. The van der Waals surface area contributed by atoms with Gasteiger partial charge in [0.25, 0.3) is 5.91 Å². The van der Waals surface area contributed by atoms with Gasteiger partial charge >= 0.3 is 0 Å². The zero-order chi connectivity index (χ0) is 15.2. The van der Waals surface area contributed by atoms with Gasteiger partial charge in [0.2, 0.25) is 0 Å². The summed E-state index contributed by atoms with van der Waals surface area (Å²) in [5.41, 5.74) is 3.34. The molecule has 0 saturated carbocycles. The lowest BCUT2D eigenvalue weighted by Gasteiger charge is -2.14. The van der Waals surface area contributed by atoms with E-state index in [1.165, 1.54) is 19.2 Å². The number of hydrogen-bond acceptors (Lipinski definition) is 4. The summed E-state index contributed by atoms with van der Waals surface area (Å²) in [6.07, 6.45) is 0. The summed E-state index contributed by atoms with van der Waals surface area (Å²) >= 11 is 6.15. The van der Waals surface area contributed by atoms with Crippen LogP contribution in [0.4, 0.5) is 0 Å². The molecule has 5 nitrogen and oxygen atoms in total. The van der Waals surface area contributed by atoms with E-state index in [4.69, 9.17) is 26.9 Å². The summed E-state index contributed by atoms with van der Waals surface area (Å²) in [6, 6.07) is 12.7. The highest BCUT2D eigenvalue weighted by Gasteiger charge is 2.15. The van der Waals surface area contributed by atoms with Crippen LogP contribution >= 0.6 is 11.6 Å². The van der Waals surface area contributed by atoms with Crippen molar-refractivity contribution in [1.82, 2.24) is 5.43 Å². The van der Waals surface area contributed by atoms with Gasteiger partial charge in [-0.15, -0.1) is 0 Å². The molecule has 0 atom stereocenters. The van der Waals surface area contributed by atoms with Crippen LogP contribution in [-0.2, 0) is 6.61 Å². The van der Waals surface area contributed by atoms with Crippen LogP contribution in [0.25, 0.3) is 0 Å². The van der Waals surface area contributed by atoms with Gasteiger partial charge in [-0.1, -0.05) is 41.9 Å². The molecule has 0 unspecified atom stereocenters. The fourth-order valence-electron chi connectivity index (χ4n) is 1.80. The van der Waals surface area contributed by atoms with E-state index in [1.807, 2.05) is 35.8 Å². The second kappa shape index (κ2) is 6.97. The average Bonchev–Trinajstić information content (AvgIpc) is 2.53. The zero-order valence-electron chi connectivity index (χ0n) is 11.4. The first-order valence-electron chi connectivity index (χ1n) is 6.21. The molecule has 3 N–H and O–H groups in total. The maximum Gasteiger partial charge on any atom is 0.265 e. The number of benzene rings is 2. The monoisotopic (exact) mass is 306 g/mol. The third kappa shape index (κ3) is 3.65. The third-order valence-corrected chi connectivity index (χ3v) is 3.13. The van der Waals surface area contributed by atoms with Gasteiger partial charge < -0.3 is 9.47 Å². The molecule has 0 heterocycles. The maximum absolute atomic E-state index is 11.5. The molecule has 6 heteroatoms. The van der Waals surface area contributed by atoms with Gasteiger partial charge in [0.05, 0.1) is 12.1 Å². The highest BCUT2D eigenvalue weighted by Crippen LogP contribution is 2.36. The Morgan fingerprint density at radius 3 is 2.62 bits per heavy atom. The van der Waals surface area contributed by atoms with Gasteiger partial charge in [0, 0.05) is 5.56 Å². The Balaban J connectivity index is 2.24. The van der Waals surface area contributed by atoms with Crippen molar-refractivity contribution in [3.8, 4) is 11.5 Å². The van der Waals surface area contributed by atoms with Gasteiger partial charge in [0.1, 0.15) is 6.61 Å². The SMILES string of the molecule is COc1cc(C(=O)NN)cc(Cl)c1OCc1ccccc1. The molecule has 2 aromatic rings. The minimum atomic E-state index is -0.454. The first-order valence-corrected chi connectivity index (χ1v) is 6.58. The first-order chi connectivity index (χ1) is 10.2. The second-order valence-corrected chi connectivity index (χ2v) is 4.64. The van der Waals surface area contributed by atoms with Gasteiger partial charge in [-0.05, 0) is 17.7 Å². The standard InChI is InChI=1S/C15H15ClN2O3/c1-20-13-8-11(15(19)18-17)7-12(16)14(13)21-9-10-5-3-2-4-6-10/h2-8H,9,17H2,1H3,(H,18,19). The van der Waals surface area contributed by atoms with E-state index in [2.05, 4.69) is 0 Å². The number of halogens is 1. The van der Waals surface area contributed by atoms with Crippen molar-refractivity contribution >= 4 is 17.5 Å². The molecule has 0 aliphatic carbocycles. The Bertz CT molecular complexity index is 632. The van der Waals surface area contributed by atoms with E-state index in [0.29, 0.717) is 23.7 Å². The number of nitrogens with one attached hydrogen (secondary N) is 1. The van der Waals surface area contributed by atoms with Crippen LogP contribution in [-0.4, -0.2) is 13.0 Å². The largest absolute Gasteiger partial charge is 0.493 e. The number of ether oxygens (including phenoxy) is 2. The number of nitrogens with two attached hydrogens (primary N) is 1. The van der Waals surface area contributed by atoms with Crippen LogP contribution in [0, 0.1) is 0 Å². The quantitative estimate of drug-likeness (QED) is 0.506. The fraction of sp³-hybridized carbons (Fsp3) is 0.133. The Hall–Kier alpha value is -2.24. The van der Waals surface area contributed by atoms with E-state index in [1.54, 1.807) is 0 Å². The fourth-order valence-corrected chi connectivity index (χ4v) is 2.07. The second-order valence-electron chi connectivity index (χ2n) is 4.24. The zero-order valence-corrected chi connectivity index (χ0v) is 12.2. The molecule has 2 aromatic carbocycles. The number of carbonyl (C=O) groups is 1. The van der Waals surface area contributed by atoms with Crippen LogP contribution in [0.2, 0.25) is 5.02 Å². The number of rotatable bonds is 5. The van der Waals surface area contributed by atoms with Crippen molar-refractivity contribution in [2.24, 2.45) is 5.84 Å². The van der Waals surface area contributed by atoms with Gasteiger partial charge in [0.15, 0.2) is 11.5 Å². The third-order valence-electron chi connectivity index (χ3n) is 2.85. The topological polar surface area (TPSA) is 73.6 Å². The van der Waals surface area contributed by atoms with E-state index in [-0.39, 0.29) is 5.02 Å². The van der Waals surface area contributed by atoms with Crippen molar-refractivity contribution in [2.75, 3.05) is 7.11 Å². The maximum atomic E-state index is 11.5. The molecule has 0 aliphatic rings. The minimum Gasteiger partial charge on any atom is -0.493 e. The van der Waals surface area contributed by atoms with Crippen LogP contribution in [0.5, 0.6) is 11.5 Å². The van der Waals surface area contributed by atoms with Crippen LogP contribution in [0.1, 0.15) is 15.9 Å². The molecular weight excluding hydrogens is 292 g/mol. The van der Waals surface area contributed by atoms with E-state index in [0.717, 1.165) is 5.56 Å². The molecule has 0 aliphatic heterocycles. The summed E-state index contributed by atoms with van der Waals surface area (Å²) in [5, 5.41) is 0.281. The number of hydrazine groups is 1. The predicted octanol–water partition coefficient (Wildman–Crippen LogP) is 2.53. The summed E-state index contributed by atoms with van der Waals surface area (Å²) in [7, 11) is 1.48.